The van der Waals surface area contributed by atoms with Gasteiger partial charge in [0.2, 0.25) is 10.0 Å². The summed E-state index contributed by atoms with van der Waals surface area (Å²) in [5.74, 6) is 0.714. The molecule has 1 saturated heterocycles. The molecular weight excluding hydrogens is 348 g/mol. The van der Waals surface area contributed by atoms with Gasteiger partial charge in [-0.2, -0.15) is 4.31 Å². The van der Waals surface area contributed by atoms with Crippen LogP contribution in [0.4, 0.5) is 5.69 Å². The molecule has 5 nitrogen and oxygen atoms in total. The Morgan fingerprint density at radius 3 is 2.19 bits per heavy atom. The second-order valence-electron chi connectivity index (χ2n) is 6.40. The van der Waals surface area contributed by atoms with E-state index in [0.717, 1.165) is 18.5 Å². The van der Waals surface area contributed by atoms with Crippen molar-refractivity contribution >= 4 is 15.7 Å². The second kappa shape index (κ2) is 8.56. The van der Waals surface area contributed by atoms with Gasteiger partial charge in [-0.1, -0.05) is 31.5 Å². The molecule has 0 aromatic heterocycles. The summed E-state index contributed by atoms with van der Waals surface area (Å²) in [5, 5.41) is 0. The lowest BCUT2D eigenvalue weighted by molar-refractivity contribution is 0.309. The lowest BCUT2D eigenvalue weighted by Crippen LogP contribution is -2.48. The van der Waals surface area contributed by atoms with Crippen molar-refractivity contribution in [2.75, 3.05) is 37.7 Å². The Morgan fingerprint density at radius 2 is 1.58 bits per heavy atom. The molecule has 1 heterocycles. The lowest BCUT2D eigenvalue weighted by atomic mass is 10.2. The van der Waals surface area contributed by atoms with Crippen molar-refractivity contribution in [2.45, 2.75) is 24.7 Å². The molecule has 6 heteroatoms. The van der Waals surface area contributed by atoms with Crippen LogP contribution in [0.25, 0.3) is 0 Å². The molecule has 0 amide bonds. The zero-order valence-corrected chi connectivity index (χ0v) is 16.0. The highest BCUT2D eigenvalue weighted by atomic mass is 32.2. The quantitative estimate of drug-likeness (QED) is 0.697. The number of benzene rings is 2. The molecule has 0 saturated carbocycles. The van der Waals surface area contributed by atoms with Gasteiger partial charge in [-0.15, -0.1) is 0 Å². The van der Waals surface area contributed by atoms with Gasteiger partial charge in [0, 0.05) is 31.9 Å². The molecule has 2 aromatic rings. The summed E-state index contributed by atoms with van der Waals surface area (Å²) >= 11 is 0. The van der Waals surface area contributed by atoms with Crippen molar-refractivity contribution in [3.8, 4) is 5.75 Å². The molecule has 140 valence electrons. The van der Waals surface area contributed by atoms with Crippen LogP contribution in [0.2, 0.25) is 0 Å². The van der Waals surface area contributed by atoms with Crippen LogP contribution in [0.15, 0.2) is 59.5 Å². The Morgan fingerprint density at radius 1 is 0.923 bits per heavy atom. The summed E-state index contributed by atoms with van der Waals surface area (Å²) in [6, 6.07) is 16.9. The minimum Gasteiger partial charge on any atom is -0.494 e. The summed E-state index contributed by atoms with van der Waals surface area (Å²) in [5.41, 5.74) is 1.14. The van der Waals surface area contributed by atoms with Crippen molar-refractivity contribution in [3.05, 3.63) is 54.6 Å². The van der Waals surface area contributed by atoms with Crippen LogP contribution in [0, 0.1) is 0 Å². The highest BCUT2D eigenvalue weighted by molar-refractivity contribution is 7.89. The molecule has 26 heavy (non-hydrogen) atoms. The predicted molar refractivity (Wildman–Crippen MR) is 104 cm³/mol. The van der Waals surface area contributed by atoms with Crippen LogP contribution in [-0.4, -0.2) is 45.5 Å². The van der Waals surface area contributed by atoms with Crippen molar-refractivity contribution < 1.29 is 13.2 Å². The molecule has 1 aliphatic heterocycles. The van der Waals surface area contributed by atoms with E-state index in [4.69, 9.17) is 4.74 Å². The first-order valence-electron chi connectivity index (χ1n) is 9.14. The summed E-state index contributed by atoms with van der Waals surface area (Å²) in [6.07, 6.45) is 2.06. The second-order valence-corrected chi connectivity index (χ2v) is 8.34. The Kier molecular flexibility index (Phi) is 6.16. The first-order valence-corrected chi connectivity index (χ1v) is 10.6. The first kappa shape index (κ1) is 18.7. The molecule has 0 bridgehead atoms. The third-order valence-corrected chi connectivity index (χ3v) is 6.50. The smallest absolute Gasteiger partial charge is 0.243 e. The summed E-state index contributed by atoms with van der Waals surface area (Å²) in [4.78, 5) is 2.55. The maximum atomic E-state index is 12.9. The Hall–Kier alpha value is -2.05. The van der Waals surface area contributed by atoms with Gasteiger partial charge in [0.25, 0.3) is 0 Å². The van der Waals surface area contributed by atoms with Crippen LogP contribution in [0.3, 0.4) is 0 Å². The lowest BCUT2D eigenvalue weighted by Gasteiger charge is -2.35. The Balaban J connectivity index is 1.62. The summed E-state index contributed by atoms with van der Waals surface area (Å²) < 4.78 is 32.9. The van der Waals surface area contributed by atoms with Crippen molar-refractivity contribution in [3.63, 3.8) is 0 Å². The number of hydrogen-bond donors (Lipinski definition) is 0. The summed E-state index contributed by atoms with van der Waals surface area (Å²) in [6.45, 7) is 5.14. The predicted octanol–water partition coefficient (Wildman–Crippen LogP) is 3.38. The van der Waals surface area contributed by atoms with Crippen LogP contribution < -0.4 is 9.64 Å². The maximum Gasteiger partial charge on any atom is 0.243 e. The maximum absolute atomic E-state index is 12.9. The number of para-hydroxylation sites is 1. The van der Waals surface area contributed by atoms with Gasteiger partial charge in [-0.25, -0.2) is 8.42 Å². The largest absolute Gasteiger partial charge is 0.494 e. The number of rotatable bonds is 7. The van der Waals surface area contributed by atoms with Crippen molar-refractivity contribution in [1.29, 1.82) is 0 Å². The SMILES string of the molecule is CCCCOc1ccc(S(=O)(=O)N2CCN(c3ccccc3)CC2)cc1. The molecule has 0 spiro atoms. The topological polar surface area (TPSA) is 49.9 Å². The summed E-state index contributed by atoms with van der Waals surface area (Å²) in [7, 11) is -3.46. The van der Waals surface area contributed by atoms with Crippen LogP contribution >= 0.6 is 0 Å². The molecule has 1 aliphatic rings. The van der Waals surface area contributed by atoms with E-state index in [1.807, 2.05) is 18.2 Å². The number of sulfonamides is 1. The van der Waals surface area contributed by atoms with E-state index < -0.39 is 10.0 Å². The molecular formula is C20H26N2O3S. The van der Waals surface area contributed by atoms with Gasteiger partial charge in [0.15, 0.2) is 0 Å². The monoisotopic (exact) mass is 374 g/mol. The normalized spacial score (nSPS) is 15.8. The Bertz CT molecular complexity index is 784. The highest BCUT2D eigenvalue weighted by Gasteiger charge is 2.28. The van der Waals surface area contributed by atoms with Gasteiger partial charge < -0.3 is 9.64 Å². The zero-order valence-electron chi connectivity index (χ0n) is 15.2. The number of hydrogen-bond acceptors (Lipinski definition) is 4. The highest BCUT2D eigenvalue weighted by Crippen LogP contribution is 2.23. The average Bonchev–Trinajstić information content (AvgIpc) is 2.69. The van der Waals surface area contributed by atoms with E-state index in [9.17, 15) is 8.42 Å². The van der Waals surface area contributed by atoms with E-state index in [1.165, 1.54) is 0 Å². The minimum atomic E-state index is -3.46. The minimum absolute atomic E-state index is 0.327. The van der Waals surface area contributed by atoms with Gasteiger partial charge in [-0.05, 0) is 42.8 Å². The molecule has 0 radical (unpaired) electrons. The van der Waals surface area contributed by atoms with Crippen molar-refractivity contribution in [1.82, 2.24) is 4.31 Å². The van der Waals surface area contributed by atoms with E-state index in [1.54, 1.807) is 28.6 Å². The van der Waals surface area contributed by atoms with Crippen molar-refractivity contribution in [2.24, 2.45) is 0 Å². The zero-order chi connectivity index (χ0) is 18.4. The van der Waals surface area contributed by atoms with Crippen LogP contribution in [-0.2, 0) is 10.0 Å². The van der Waals surface area contributed by atoms with E-state index in [2.05, 4.69) is 24.0 Å². The standard InChI is InChI=1S/C20H26N2O3S/c1-2-3-17-25-19-9-11-20(12-10-19)26(23,24)22-15-13-21(14-16-22)18-7-5-4-6-8-18/h4-12H,2-3,13-17H2,1H3. The van der Waals surface area contributed by atoms with Gasteiger partial charge >= 0.3 is 0 Å². The molecule has 1 fully saturated rings. The van der Waals surface area contributed by atoms with Gasteiger partial charge in [-0.3, -0.25) is 0 Å². The first-order chi connectivity index (χ1) is 12.6. The molecule has 0 atom stereocenters. The van der Waals surface area contributed by atoms with E-state index >= 15 is 0 Å². The van der Waals surface area contributed by atoms with Crippen LogP contribution in [0.1, 0.15) is 19.8 Å². The van der Waals surface area contributed by atoms with Gasteiger partial charge in [0.05, 0.1) is 11.5 Å². The number of nitrogens with zero attached hydrogens (tertiary/aromatic N) is 2. The number of unbranched alkanes of at least 4 members (excludes halogenated alkanes) is 1. The third-order valence-electron chi connectivity index (χ3n) is 4.59. The molecule has 0 unspecified atom stereocenters. The fraction of sp³-hybridized carbons (Fsp3) is 0.400. The average molecular weight is 375 g/mol. The third kappa shape index (κ3) is 4.37. The van der Waals surface area contributed by atoms with E-state index in [-0.39, 0.29) is 0 Å². The Labute approximate surface area is 156 Å². The molecule has 3 rings (SSSR count). The molecule has 0 N–H and O–H groups in total. The van der Waals surface area contributed by atoms with Crippen LogP contribution in [0.5, 0.6) is 5.75 Å². The fourth-order valence-electron chi connectivity index (χ4n) is 3.02. The number of ether oxygens (including phenoxy) is 1. The fourth-order valence-corrected chi connectivity index (χ4v) is 4.44. The van der Waals surface area contributed by atoms with E-state index in [0.29, 0.717) is 43.4 Å². The number of anilines is 1. The molecule has 0 aliphatic carbocycles. The van der Waals surface area contributed by atoms with Gasteiger partial charge in [0.1, 0.15) is 5.75 Å². The molecule has 2 aromatic carbocycles. The number of piperazine rings is 1.